The minimum Gasteiger partial charge on any atom is -0.121 e. The number of rotatable bonds is 0. The molecule has 0 amide bonds. The molecule has 0 N–H and O–H groups in total. The third-order valence-electron chi connectivity index (χ3n) is 1.62. The highest BCUT2D eigenvalue weighted by Crippen LogP contribution is 2.09. The number of allylic oxidation sites excluding steroid dienone is 2. The van der Waals surface area contributed by atoms with Crippen LogP contribution < -0.4 is 0 Å². The van der Waals surface area contributed by atoms with E-state index >= 15 is 0 Å². The first-order valence-electron chi connectivity index (χ1n) is 3.62. The Bertz CT molecular complexity index is 213. The van der Waals surface area contributed by atoms with Gasteiger partial charge in [0.2, 0.25) is 0 Å². The first-order chi connectivity index (χ1) is 4.79. The second-order valence-electron chi connectivity index (χ2n) is 2.68. The van der Waals surface area contributed by atoms with Gasteiger partial charge in [-0.2, -0.15) is 0 Å². The second kappa shape index (κ2) is 3.27. The van der Waals surface area contributed by atoms with Crippen molar-refractivity contribution in [2.45, 2.75) is 26.7 Å². The van der Waals surface area contributed by atoms with E-state index in [-0.39, 0.29) is 0 Å². The fraction of sp³-hybridized carbons (Fsp3) is 0.400. The summed E-state index contributed by atoms with van der Waals surface area (Å²) in [6.45, 7) is 4.23. The van der Waals surface area contributed by atoms with Crippen molar-refractivity contribution in [3.05, 3.63) is 34.8 Å². The van der Waals surface area contributed by atoms with E-state index in [1.165, 1.54) is 11.1 Å². The Morgan fingerprint density at radius 1 is 1.00 bits per heavy atom. The molecule has 0 aromatic rings. The van der Waals surface area contributed by atoms with E-state index in [4.69, 9.17) is 0 Å². The van der Waals surface area contributed by atoms with Crippen LogP contribution in [0.3, 0.4) is 0 Å². The Morgan fingerprint density at radius 3 is 1.80 bits per heavy atom. The molecule has 0 bridgehead atoms. The van der Waals surface area contributed by atoms with Crippen LogP contribution in [0.25, 0.3) is 0 Å². The molecule has 0 saturated carbocycles. The van der Waals surface area contributed by atoms with Gasteiger partial charge in [0, 0.05) is 0 Å². The molecule has 1 aliphatic carbocycles. The van der Waals surface area contributed by atoms with Crippen LogP contribution in [0, 0.1) is 0 Å². The van der Waals surface area contributed by atoms with Gasteiger partial charge in [-0.15, -0.1) is 11.5 Å². The molecule has 0 heteroatoms. The maximum Gasteiger partial charge on any atom is -0.0123 e. The molecule has 0 fully saturated rings. The van der Waals surface area contributed by atoms with Gasteiger partial charge in [0.1, 0.15) is 0 Å². The van der Waals surface area contributed by atoms with Crippen LogP contribution in [0.5, 0.6) is 0 Å². The van der Waals surface area contributed by atoms with Gasteiger partial charge in [0.25, 0.3) is 0 Å². The third-order valence-corrected chi connectivity index (χ3v) is 1.62. The molecule has 10 heavy (non-hydrogen) atoms. The quantitative estimate of drug-likeness (QED) is 0.444. The lowest BCUT2D eigenvalue weighted by Crippen LogP contribution is -1.79. The van der Waals surface area contributed by atoms with Gasteiger partial charge in [-0.3, -0.25) is 0 Å². The van der Waals surface area contributed by atoms with Gasteiger partial charge in [-0.1, -0.05) is 0 Å². The van der Waals surface area contributed by atoms with Crippen LogP contribution in [0.1, 0.15) is 26.7 Å². The largest absolute Gasteiger partial charge is 0.121 e. The van der Waals surface area contributed by atoms with E-state index < -0.39 is 0 Å². The molecular formula is C10H12. The molecule has 0 atom stereocenters. The first-order valence-corrected chi connectivity index (χ1v) is 3.62. The van der Waals surface area contributed by atoms with Gasteiger partial charge >= 0.3 is 0 Å². The summed E-state index contributed by atoms with van der Waals surface area (Å²) in [4.78, 5) is 0. The van der Waals surface area contributed by atoms with Gasteiger partial charge in [0.15, 0.2) is 0 Å². The molecule has 0 heterocycles. The molecule has 0 aromatic heterocycles. The van der Waals surface area contributed by atoms with Crippen molar-refractivity contribution in [2.24, 2.45) is 0 Å². The summed E-state index contributed by atoms with van der Waals surface area (Å²) in [5, 5.41) is 0. The monoisotopic (exact) mass is 132 g/mol. The Labute approximate surface area is 62.3 Å². The minimum absolute atomic E-state index is 1.13. The van der Waals surface area contributed by atoms with Crippen molar-refractivity contribution in [3.8, 4) is 0 Å². The Morgan fingerprint density at radius 2 is 1.40 bits per heavy atom. The Hall–Kier alpha value is -0.960. The van der Waals surface area contributed by atoms with Crippen molar-refractivity contribution >= 4 is 0 Å². The van der Waals surface area contributed by atoms with Crippen LogP contribution >= 0.6 is 0 Å². The van der Waals surface area contributed by atoms with Gasteiger partial charge in [-0.25, -0.2) is 0 Å². The Kier molecular flexibility index (Phi) is 2.34. The minimum atomic E-state index is 1.13. The van der Waals surface area contributed by atoms with Gasteiger partial charge in [-0.05, 0) is 50.0 Å². The zero-order valence-electron chi connectivity index (χ0n) is 6.57. The average molecular weight is 132 g/mol. The van der Waals surface area contributed by atoms with Crippen LogP contribution in [-0.2, 0) is 0 Å². The molecule has 1 rings (SSSR count). The van der Waals surface area contributed by atoms with E-state index in [0.717, 1.165) is 12.8 Å². The van der Waals surface area contributed by atoms with Gasteiger partial charge < -0.3 is 0 Å². The molecule has 1 aliphatic rings. The molecule has 0 radical (unpaired) electrons. The highest BCUT2D eigenvalue weighted by atomic mass is 14.0. The van der Waals surface area contributed by atoms with Crippen LogP contribution in [0.2, 0.25) is 0 Å². The van der Waals surface area contributed by atoms with E-state index in [1.807, 2.05) is 12.2 Å². The predicted octanol–water partition coefficient (Wildman–Crippen LogP) is 2.98. The normalized spacial score (nSPS) is 17.4. The smallest absolute Gasteiger partial charge is 0.0123 e. The lowest BCUT2D eigenvalue weighted by atomic mass is 10.1. The molecule has 0 unspecified atom stereocenters. The summed E-state index contributed by atoms with van der Waals surface area (Å²) >= 11 is 0. The van der Waals surface area contributed by atoms with Crippen molar-refractivity contribution < 1.29 is 0 Å². The topological polar surface area (TPSA) is 0 Å². The molecule has 0 nitrogen and oxygen atoms in total. The lowest BCUT2D eigenvalue weighted by molar-refractivity contribution is 0.927. The molecule has 0 aromatic carbocycles. The number of hydrogen-bond acceptors (Lipinski definition) is 0. The predicted molar refractivity (Wildman–Crippen MR) is 43.8 cm³/mol. The highest BCUT2D eigenvalue weighted by Gasteiger charge is 1.91. The summed E-state index contributed by atoms with van der Waals surface area (Å²) in [5.74, 6) is 0. The second-order valence-corrected chi connectivity index (χ2v) is 2.68. The summed E-state index contributed by atoms with van der Waals surface area (Å²) in [5.41, 5.74) is 8.99. The standard InChI is InChI=1S/C10H12/c1-9-5-3-4-6-10(2)8-7-9/h3-4H,7-8H2,1-2H3. The lowest BCUT2D eigenvalue weighted by Gasteiger charge is -1.97. The van der Waals surface area contributed by atoms with Gasteiger partial charge in [0.05, 0.1) is 0 Å². The molecule has 0 saturated heterocycles. The molecule has 52 valence electrons. The van der Waals surface area contributed by atoms with E-state index in [0.29, 0.717) is 0 Å². The van der Waals surface area contributed by atoms with Crippen LogP contribution in [0.15, 0.2) is 34.8 Å². The fourth-order valence-electron chi connectivity index (χ4n) is 0.887. The zero-order chi connectivity index (χ0) is 7.40. The maximum absolute atomic E-state index is 3.17. The zero-order valence-corrected chi connectivity index (χ0v) is 6.57. The van der Waals surface area contributed by atoms with E-state index in [9.17, 15) is 0 Å². The molecule has 0 aliphatic heterocycles. The SMILES string of the molecule is CC1=C=CC=C=C(C)CC1. The summed E-state index contributed by atoms with van der Waals surface area (Å²) < 4.78 is 0. The van der Waals surface area contributed by atoms with Crippen LogP contribution in [-0.4, -0.2) is 0 Å². The first kappa shape index (κ1) is 7.15. The molecular weight excluding hydrogens is 120 g/mol. The molecule has 0 spiro atoms. The van der Waals surface area contributed by atoms with E-state index in [2.05, 4.69) is 25.3 Å². The van der Waals surface area contributed by atoms with Crippen molar-refractivity contribution in [3.63, 3.8) is 0 Å². The fourth-order valence-corrected chi connectivity index (χ4v) is 0.887. The van der Waals surface area contributed by atoms with E-state index in [1.54, 1.807) is 0 Å². The highest BCUT2D eigenvalue weighted by molar-refractivity contribution is 5.14. The maximum atomic E-state index is 3.17. The summed E-state index contributed by atoms with van der Waals surface area (Å²) in [6.07, 6.45) is 6.11. The summed E-state index contributed by atoms with van der Waals surface area (Å²) in [7, 11) is 0. The van der Waals surface area contributed by atoms with Crippen molar-refractivity contribution in [1.82, 2.24) is 0 Å². The average Bonchev–Trinajstić information content (AvgIpc) is 1.90. The number of hydrogen-bond donors (Lipinski definition) is 0. The third kappa shape index (κ3) is 2.11. The van der Waals surface area contributed by atoms with Crippen molar-refractivity contribution in [2.75, 3.05) is 0 Å². The summed E-state index contributed by atoms with van der Waals surface area (Å²) in [6, 6.07) is 0. The van der Waals surface area contributed by atoms with Crippen LogP contribution in [0.4, 0.5) is 0 Å². The Balaban J connectivity index is 2.88. The van der Waals surface area contributed by atoms with Crippen molar-refractivity contribution in [1.29, 1.82) is 0 Å².